The third-order valence-corrected chi connectivity index (χ3v) is 12.3. The molecule has 0 aliphatic rings. The van der Waals surface area contributed by atoms with Crippen LogP contribution in [0.3, 0.4) is 0 Å². The van der Waals surface area contributed by atoms with Crippen LogP contribution >= 0.6 is 0 Å². The summed E-state index contributed by atoms with van der Waals surface area (Å²) in [6.45, 7) is 6.59. The average Bonchev–Trinajstić information content (AvgIpc) is 3.29. The van der Waals surface area contributed by atoms with Gasteiger partial charge in [0.25, 0.3) is 0 Å². The maximum atomic E-state index is 12.8. The number of hydrogen-bond donors (Lipinski definition) is 0. The molecule has 0 aliphatic carbocycles. The van der Waals surface area contributed by atoms with E-state index in [1.807, 2.05) is 0 Å². The molecule has 0 heterocycles. The van der Waals surface area contributed by atoms with Crippen molar-refractivity contribution in [1.29, 1.82) is 0 Å². The van der Waals surface area contributed by atoms with Crippen molar-refractivity contribution in [2.45, 2.75) is 303 Å². The second-order valence-corrected chi connectivity index (χ2v) is 18.8. The van der Waals surface area contributed by atoms with E-state index < -0.39 is 6.10 Å². The van der Waals surface area contributed by atoms with Crippen molar-refractivity contribution in [3.05, 3.63) is 36.5 Å². The van der Waals surface area contributed by atoms with Gasteiger partial charge in [-0.1, -0.05) is 243 Å². The second-order valence-electron chi connectivity index (χ2n) is 18.8. The van der Waals surface area contributed by atoms with Crippen molar-refractivity contribution in [3.8, 4) is 0 Å². The molecule has 1 atom stereocenters. The summed E-state index contributed by atoms with van der Waals surface area (Å²) in [5, 5.41) is 0. The molecule has 0 aromatic heterocycles. The predicted molar refractivity (Wildman–Crippen MR) is 275 cm³/mol. The lowest BCUT2D eigenvalue weighted by Gasteiger charge is -2.18. The van der Waals surface area contributed by atoms with Crippen molar-refractivity contribution in [3.63, 3.8) is 0 Å². The van der Waals surface area contributed by atoms with Gasteiger partial charge in [-0.05, 0) is 70.6 Å². The molecule has 374 valence electrons. The molecule has 6 nitrogen and oxygen atoms in total. The fourth-order valence-corrected chi connectivity index (χ4v) is 8.12. The Morgan fingerprint density at radius 1 is 0.312 bits per heavy atom. The molecule has 0 N–H and O–H groups in total. The first-order chi connectivity index (χ1) is 31.5. The Labute approximate surface area is 397 Å². The number of esters is 3. The van der Waals surface area contributed by atoms with Gasteiger partial charge in [-0.3, -0.25) is 14.4 Å². The fourth-order valence-electron chi connectivity index (χ4n) is 8.12. The average molecular weight is 899 g/mol. The van der Waals surface area contributed by atoms with E-state index in [-0.39, 0.29) is 31.1 Å². The summed E-state index contributed by atoms with van der Waals surface area (Å²) in [6, 6.07) is 0. The van der Waals surface area contributed by atoms with E-state index >= 15 is 0 Å². The highest BCUT2D eigenvalue weighted by molar-refractivity contribution is 5.71. The van der Waals surface area contributed by atoms with E-state index in [4.69, 9.17) is 14.2 Å². The van der Waals surface area contributed by atoms with Gasteiger partial charge in [-0.15, -0.1) is 0 Å². The maximum absolute atomic E-state index is 12.8. The zero-order chi connectivity index (χ0) is 46.5. The van der Waals surface area contributed by atoms with Crippen LogP contribution in [0.15, 0.2) is 36.5 Å². The molecule has 0 fully saturated rings. The van der Waals surface area contributed by atoms with Crippen LogP contribution in [-0.2, 0) is 28.6 Å². The molecule has 0 amide bonds. The van der Waals surface area contributed by atoms with Crippen molar-refractivity contribution in [2.24, 2.45) is 0 Å². The van der Waals surface area contributed by atoms with Crippen LogP contribution in [-0.4, -0.2) is 37.2 Å². The van der Waals surface area contributed by atoms with Gasteiger partial charge in [-0.25, -0.2) is 0 Å². The van der Waals surface area contributed by atoms with E-state index in [2.05, 4.69) is 57.2 Å². The van der Waals surface area contributed by atoms with Crippen molar-refractivity contribution < 1.29 is 28.6 Å². The monoisotopic (exact) mass is 899 g/mol. The molecular formula is C58H106O6. The zero-order valence-electron chi connectivity index (χ0n) is 42.8. The summed E-state index contributed by atoms with van der Waals surface area (Å²) >= 11 is 0. The molecule has 0 saturated heterocycles. The number of allylic oxidation sites excluding steroid dienone is 6. The van der Waals surface area contributed by atoms with Gasteiger partial charge in [0.15, 0.2) is 6.10 Å². The minimum absolute atomic E-state index is 0.0757. The first kappa shape index (κ1) is 61.6. The Morgan fingerprint density at radius 3 is 0.938 bits per heavy atom. The normalized spacial score (nSPS) is 12.2. The van der Waals surface area contributed by atoms with Crippen molar-refractivity contribution >= 4 is 17.9 Å². The Hall–Kier alpha value is -2.37. The van der Waals surface area contributed by atoms with Gasteiger partial charge < -0.3 is 14.2 Å². The molecule has 0 aromatic carbocycles. The van der Waals surface area contributed by atoms with Gasteiger partial charge in [0.1, 0.15) is 13.2 Å². The largest absolute Gasteiger partial charge is 0.462 e. The number of carbonyl (C=O) groups is 3. The number of unbranched alkanes of at least 4 members (excludes halogenated alkanes) is 34. The van der Waals surface area contributed by atoms with Crippen LogP contribution in [0.2, 0.25) is 0 Å². The van der Waals surface area contributed by atoms with Gasteiger partial charge in [0.05, 0.1) is 0 Å². The fraction of sp³-hybridized carbons (Fsp3) is 0.845. The third-order valence-electron chi connectivity index (χ3n) is 12.3. The lowest BCUT2D eigenvalue weighted by Crippen LogP contribution is -2.30. The smallest absolute Gasteiger partial charge is 0.306 e. The summed E-state index contributed by atoms with van der Waals surface area (Å²) in [4.78, 5) is 38.1. The summed E-state index contributed by atoms with van der Waals surface area (Å²) in [7, 11) is 0. The van der Waals surface area contributed by atoms with Crippen LogP contribution < -0.4 is 0 Å². The van der Waals surface area contributed by atoms with Crippen LogP contribution in [0, 0.1) is 0 Å². The van der Waals surface area contributed by atoms with Crippen LogP contribution in [0.25, 0.3) is 0 Å². The molecule has 1 unspecified atom stereocenters. The highest BCUT2D eigenvalue weighted by Crippen LogP contribution is 2.16. The van der Waals surface area contributed by atoms with E-state index in [1.54, 1.807) is 0 Å². The zero-order valence-corrected chi connectivity index (χ0v) is 42.8. The first-order valence-corrected chi connectivity index (χ1v) is 28.0. The lowest BCUT2D eigenvalue weighted by molar-refractivity contribution is -0.167. The quantitative estimate of drug-likeness (QED) is 0.0262. The molecule has 0 rings (SSSR count). The Kier molecular flexibility index (Phi) is 51.3. The summed E-state index contributed by atoms with van der Waals surface area (Å²) in [5.41, 5.74) is 0. The van der Waals surface area contributed by atoms with E-state index in [1.165, 1.54) is 173 Å². The van der Waals surface area contributed by atoms with E-state index in [9.17, 15) is 14.4 Å². The molecule has 0 radical (unpaired) electrons. The molecule has 0 aromatic rings. The molecule has 0 aliphatic heterocycles. The maximum Gasteiger partial charge on any atom is 0.306 e. The summed E-state index contributed by atoms with van der Waals surface area (Å²) in [6.07, 6.45) is 62.7. The molecule has 0 bridgehead atoms. The molecule has 0 spiro atoms. The Balaban J connectivity index is 4.34. The van der Waals surface area contributed by atoms with Gasteiger partial charge in [-0.2, -0.15) is 0 Å². The van der Waals surface area contributed by atoms with Crippen LogP contribution in [0.5, 0.6) is 0 Å². The second kappa shape index (κ2) is 53.2. The van der Waals surface area contributed by atoms with Crippen molar-refractivity contribution in [2.75, 3.05) is 13.2 Å². The highest BCUT2D eigenvalue weighted by Gasteiger charge is 2.19. The van der Waals surface area contributed by atoms with Gasteiger partial charge in [0, 0.05) is 19.3 Å². The Bertz CT molecular complexity index is 1080. The third kappa shape index (κ3) is 50.6. The predicted octanol–water partition coefficient (Wildman–Crippen LogP) is 18.5. The molecule has 64 heavy (non-hydrogen) atoms. The number of ether oxygens (including phenoxy) is 3. The van der Waals surface area contributed by atoms with E-state index in [0.717, 1.165) is 83.5 Å². The summed E-state index contributed by atoms with van der Waals surface area (Å²) < 4.78 is 16.8. The standard InChI is InChI=1S/C58H106O6/c1-4-7-10-13-16-19-22-25-27-28-29-31-33-36-39-42-45-48-51-57(60)63-54-55(53-62-56(59)50-47-44-41-38-35-32-24-21-18-15-12-9-6-3)64-58(61)52-49-46-43-40-37-34-30-26-23-20-17-14-11-8-5-2/h12,15,21,24,27-28,55H,4-11,13-14,16-20,22-23,25-26,29-54H2,1-3H3/b15-12-,24-21-,28-27-. The minimum atomic E-state index is -0.776. The highest BCUT2D eigenvalue weighted by atomic mass is 16.6. The SMILES string of the molecule is CCC/C=C\C/C=C\CCCCCCCC(=O)OCC(COC(=O)CCCCCCCCC/C=C\CCCCCCCCC)OC(=O)CCCCCCCCCCCCCCCCC. The number of rotatable bonds is 51. The van der Waals surface area contributed by atoms with Crippen LogP contribution in [0.4, 0.5) is 0 Å². The van der Waals surface area contributed by atoms with E-state index in [0.29, 0.717) is 19.3 Å². The summed E-state index contributed by atoms with van der Waals surface area (Å²) in [5.74, 6) is -0.879. The molecule has 0 saturated carbocycles. The van der Waals surface area contributed by atoms with Crippen LogP contribution in [0.1, 0.15) is 297 Å². The topological polar surface area (TPSA) is 78.9 Å². The minimum Gasteiger partial charge on any atom is -0.462 e. The number of hydrogen-bond acceptors (Lipinski definition) is 6. The van der Waals surface area contributed by atoms with Gasteiger partial charge >= 0.3 is 17.9 Å². The van der Waals surface area contributed by atoms with Gasteiger partial charge in [0.2, 0.25) is 0 Å². The lowest BCUT2D eigenvalue weighted by atomic mass is 10.0. The Morgan fingerprint density at radius 2 is 0.594 bits per heavy atom. The first-order valence-electron chi connectivity index (χ1n) is 28.0. The van der Waals surface area contributed by atoms with Crippen molar-refractivity contribution in [1.82, 2.24) is 0 Å². The number of carbonyl (C=O) groups excluding carboxylic acids is 3. The molecular weight excluding hydrogens is 793 g/mol. The molecule has 6 heteroatoms.